The maximum Gasteiger partial charge on any atom is 0.249 e. The highest BCUT2D eigenvalue weighted by atomic mass is 16.3. The van der Waals surface area contributed by atoms with Gasteiger partial charge in [-0.15, -0.1) is 0 Å². The van der Waals surface area contributed by atoms with Gasteiger partial charge >= 0.3 is 0 Å². The molecule has 4 nitrogen and oxygen atoms in total. The van der Waals surface area contributed by atoms with Crippen LogP contribution in [-0.4, -0.2) is 10.5 Å². The zero-order valence-corrected chi connectivity index (χ0v) is 15.1. The highest BCUT2D eigenvalue weighted by Crippen LogP contribution is 2.35. The van der Waals surface area contributed by atoms with Crippen LogP contribution in [0.4, 0.5) is 0 Å². The third kappa shape index (κ3) is 2.58. The first-order chi connectivity index (χ1) is 13.7. The van der Waals surface area contributed by atoms with Crippen LogP contribution < -0.4 is 5.73 Å². The molecule has 0 aliphatic carbocycles. The Morgan fingerprint density at radius 1 is 0.893 bits per heavy atom. The van der Waals surface area contributed by atoms with Crippen LogP contribution in [0.3, 0.4) is 0 Å². The van der Waals surface area contributed by atoms with Crippen LogP contribution in [0.15, 0.2) is 89.5 Å². The first-order valence-corrected chi connectivity index (χ1v) is 9.15. The number of nitrogens with two attached hydrogens (primary N) is 1. The van der Waals surface area contributed by atoms with Crippen molar-refractivity contribution in [3.63, 3.8) is 0 Å². The smallest absolute Gasteiger partial charge is 0.249 e. The molecule has 5 rings (SSSR count). The molecule has 0 bridgehead atoms. The van der Waals surface area contributed by atoms with Gasteiger partial charge in [-0.1, -0.05) is 48.5 Å². The average Bonchev–Trinajstić information content (AvgIpc) is 3.36. The van der Waals surface area contributed by atoms with Gasteiger partial charge in [-0.2, -0.15) is 0 Å². The Hall–Kier alpha value is -3.79. The molecular formula is C24H18N2O2. The number of carbonyl (C=O) groups excluding carboxylic acids is 1. The minimum atomic E-state index is -0.417. The average molecular weight is 366 g/mol. The molecule has 0 saturated carbocycles. The Bertz CT molecular complexity index is 1300. The number of rotatable bonds is 4. The van der Waals surface area contributed by atoms with E-state index in [1.54, 1.807) is 12.3 Å². The van der Waals surface area contributed by atoms with Crippen LogP contribution >= 0.6 is 0 Å². The third-order valence-electron chi connectivity index (χ3n) is 5.15. The van der Waals surface area contributed by atoms with Gasteiger partial charge in [-0.3, -0.25) is 4.79 Å². The summed E-state index contributed by atoms with van der Waals surface area (Å²) in [6.45, 7) is 0.699. The molecule has 2 aromatic heterocycles. The SMILES string of the molecule is NC(=O)c1cccc2c1c1ccc(-c3ccco3)cc1n2Cc1ccccc1. The predicted octanol–water partition coefficient (Wildman–Crippen LogP) is 5.20. The number of fused-ring (bicyclic) bond motifs is 3. The lowest BCUT2D eigenvalue weighted by Gasteiger charge is -2.08. The van der Waals surface area contributed by atoms with Crippen molar-refractivity contribution in [2.24, 2.45) is 5.73 Å². The van der Waals surface area contributed by atoms with E-state index in [1.165, 1.54) is 5.56 Å². The molecule has 2 N–H and O–H groups in total. The fourth-order valence-electron chi connectivity index (χ4n) is 3.88. The van der Waals surface area contributed by atoms with Crippen molar-refractivity contribution in [2.75, 3.05) is 0 Å². The second-order valence-corrected chi connectivity index (χ2v) is 6.84. The Balaban J connectivity index is 1.83. The van der Waals surface area contributed by atoms with Gasteiger partial charge in [0.1, 0.15) is 5.76 Å². The third-order valence-corrected chi connectivity index (χ3v) is 5.15. The van der Waals surface area contributed by atoms with Crippen molar-refractivity contribution in [3.05, 3.63) is 96.3 Å². The van der Waals surface area contributed by atoms with Crippen LogP contribution in [-0.2, 0) is 6.54 Å². The van der Waals surface area contributed by atoms with E-state index < -0.39 is 5.91 Å². The maximum atomic E-state index is 12.1. The summed E-state index contributed by atoms with van der Waals surface area (Å²) in [7, 11) is 0. The number of furan rings is 1. The summed E-state index contributed by atoms with van der Waals surface area (Å²) in [6.07, 6.45) is 1.67. The van der Waals surface area contributed by atoms with Gasteiger partial charge in [-0.05, 0) is 35.9 Å². The normalized spacial score (nSPS) is 11.3. The first-order valence-electron chi connectivity index (χ1n) is 9.15. The Labute approximate surface area is 161 Å². The summed E-state index contributed by atoms with van der Waals surface area (Å²) in [5, 5.41) is 1.91. The van der Waals surface area contributed by atoms with Gasteiger partial charge in [-0.25, -0.2) is 0 Å². The number of hydrogen-bond donors (Lipinski definition) is 1. The Morgan fingerprint density at radius 3 is 2.50 bits per heavy atom. The molecule has 0 radical (unpaired) electrons. The molecule has 0 aliphatic heterocycles. The van der Waals surface area contributed by atoms with Crippen molar-refractivity contribution in [1.29, 1.82) is 0 Å². The lowest BCUT2D eigenvalue weighted by Crippen LogP contribution is -2.11. The van der Waals surface area contributed by atoms with E-state index in [1.807, 2.05) is 54.6 Å². The summed E-state index contributed by atoms with van der Waals surface area (Å²) in [5.41, 5.74) is 10.4. The van der Waals surface area contributed by atoms with Crippen LogP contribution in [0.1, 0.15) is 15.9 Å². The molecule has 0 unspecified atom stereocenters. The Morgan fingerprint density at radius 2 is 1.75 bits per heavy atom. The molecule has 0 fully saturated rings. The van der Waals surface area contributed by atoms with Gasteiger partial charge in [0.2, 0.25) is 5.91 Å². The summed E-state index contributed by atoms with van der Waals surface area (Å²) in [6, 6.07) is 26.0. The molecule has 1 amide bonds. The summed E-state index contributed by atoms with van der Waals surface area (Å²) >= 11 is 0. The molecule has 0 saturated heterocycles. The van der Waals surface area contributed by atoms with Crippen molar-refractivity contribution < 1.29 is 9.21 Å². The van der Waals surface area contributed by atoms with Crippen LogP contribution in [0.5, 0.6) is 0 Å². The van der Waals surface area contributed by atoms with Gasteiger partial charge in [0.15, 0.2) is 0 Å². The van der Waals surface area contributed by atoms with E-state index in [4.69, 9.17) is 10.2 Å². The van der Waals surface area contributed by atoms with Gasteiger partial charge < -0.3 is 14.7 Å². The number of amides is 1. The zero-order chi connectivity index (χ0) is 19.1. The van der Waals surface area contributed by atoms with E-state index in [0.29, 0.717) is 12.1 Å². The molecule has 2 heterocycles. The fraction of sp³-hybridized carbons (Fsp3) is 0.0417. The van der Waals surface area contributed by atoms with Gasteiger partial charge in [0.05, 0.1) is 17.3 Å². The molecule has 0 atom stereocenters. The zero-order valence-electron chi connectivity index (χ0n) is 15.1. The molecule has 5 aromatic rings. The number of carbonyl (C=O) groups is 1. The van der Waals surface area contributed by atoms with Crippen molar-refractivity contribution in [2.45, 2.75) is 6.54 Å². The Kier molecular flexibility index (Phi) is 3.76. The van der Waals surface area contributed by atoms with E-state index in [0.717, 1.165) is 33.1 Å². The van der Waals surface area contributed by atoms with Crippen LogP contribution in [0, 0.1) is 0 Å². The number of nitrogens with zero attached hydrogens (tertiary/aromatic N) is 1. The van der Waals surface area contributed by atoms with E-state index in [9.17, 15) is 4.79 Å². The molecule has 136 valence electrons. The predicted molar refractivity (Wildman–Crippen MR) is 111 cm³/mol. The minimum absolute atomic E-state index is 0.417. The highest BCUT2D eigenvalue weighted by Gasteiger charge is 2.17. The van der Waals surface area contributed by atoms with Crippen LogP contribution in [0.25, 0.3) is 33.1 Å². The number of aromatic nitrogens is 1. The monoisotopic (exact) mass is 366 g/mol. The van der Waals surface area contributed by atoms with E-state index in [2.05, 4.69) is 22.8 Å². The van der Waals surface area contributed by atoms with Gasteiger partial charge in [0.25, 0.3) is 0 Å². The maximum absolute atomic E-state index is 12.1. The number of primary amides is 1. The van der Waals surface area contributed by atoms with Crippen molar-refractivity contribution in [1.82, 2.24) is 4.57 Å². The van der Waals surface area contributed by atoms with Crippen molar-refractivity contribution >= 4 is 27.7 Å². The fourth-order valence-corrected chi connectivity index (χ4v) is 3.88. The lowest BCUT2D eigenvalue weighted by molar-refractivity contribution is 0.100. The number of benzene rings is 3. The second-order valence-electron chi connectivity index (χ2n) is 6.84. The molecular weight excluding hydrogens is 348 g/mol. The lowest BCUT2D eigenvalue weighted by atomic mass is 10.0. The molecule has 0 aliphatic rings. The summed E-state index contributed by atoms with van der Waals surface area (Å²) < 4.78 is 7.81. The first kappa shape index (κ1) is 16.4. The molecule has 3 aromatic carbocycles. The molecule has 28 heavy (non-hydrogen) atoms. The summed E-state index contributed by atoms with van der Waals surface area (Å²) in [5.74, 6) is 0.396. The van der Waals surface area contributed by atoms with E-state index >= 15 is 0 Å². The molecule has 4 heteroatoms. The second kappa shape index (κ2) is 6.43. The highest BCUT2D eigenvalue weighted by molar-refractivity contribution is 6.18. The van der Waals surface area contributed by atoms with Crippen LogP contribution in [0.2, 0.25) is 0 Å². The van der Waals surface area contributed by atoms with Gasteiger partial charge in [0, 0.05) is 28.4 Å². The topological polar surface area (TPSA) is 61.2 Å². The van der Waals surface area contributed by atoms with Crippen molar-refractivity contribution in [3.8, 4) is 11.3 Å². The largest absolute Gasteiger partial charge is 0.464 e. The van der Waals surface area contributed by atoms with E-state index in [-0.39, 0.29) is 0 Å². The standard InChI is InChI=1S/C24H18N2O2/c25-24(27)19-8-4-9-20-23(19)18-12-11-17(22-10-5-13-28-22)14-21(18)26(20)15-16-6-2-1-3-7-16/h1-14H,15H2,(H2,25,27). The molecule has 0 spiro atoms. The quantitative estimate of drug-likeness (QED) is 0.475. The number of hydrogen-bond acceptors (Lipinski definition) is 2. The summed E-state index contributed by atoms with van der Waals surface area (Å²) in [4.78, 5) is 12.1. The minimum Gasteiger partial charge on any atom is -0.464 e.